The van der Waals surface area contributed by atoms with Crippen molar-refractivity contribution in [1.82, 2.24) is 0 Å². The zero-order chi connectivity index (χ0) is 38.3. The van der Waals surface area contributed by atoms with Crippen LogP contribution < -0.4 is 15.1 Å². The molecule has 282 valence electrons. The molecule has 1 nitrogen and oxygen atoms in total. The number of benzene rings is 3. The molecule has 3 heterocycles. The van der Waals surface area contributed by atoms with Crippen LogP contribution in [0.15, 0.2) is 71.9 Å². The lowest BCUT2D eigenvalue weighted by Crippen LogP contribution is -2.53. The third kappa shape index (κ3) is 5.44. The normalized spacial score (nSPS) is 25.5. The molecule has 0 saturated heterocycles. The maximum absolute atomic E-state index is 2.84. The Balaban J connectivity index is 1.33. The molecule has 0 amide bonds. The summed E-state index contributed by atoms with van der Waals surface area (Å²) in [6.07, 6.45) is 15.0. The first kappa shape index (κ1) is 36.6. The van der Waals surface area contributed by atoms with Crippen molar-refractivity contribution in [3.05, 3.63) is 105 Å². The molecule has 9 rings (SSSR count). The summed E-state index contributed by atoms with van der Waals surface area (Å²) in [6.45, 7) is 30.0. The summed E-state index contributed by atoms with van der Waals surface area (Å²) in [5.41, 5.74) is 17.6. The summed E-state index contributed by atoms with van der Waals surface area (Å²) < 4.78 is 2.95. The van der Waals surface area contributed by atoms with E-state index in [1.165, 1.54) is 81.3 Å². The zero-order valence-corrected chi connectivity index (χ0v) is 36.3. The summed E-state index contributed by atoms with van der Waals surface area (Å²) in [5.74, 6) is 0.954. The van der Waals surface area contributed by atoms with Crippen LogP contribution in [0.4, 0.5) is 11.4 Å². The van der Waals surface area contributed by atoms with Crippen LogP contribution in [0.3, 0.4) is 0 Å². The van der Waals surface area contributed by atoms with E-state index in [2.05, 4.69) is 160 Å². The molecule has 2 bridgehead atoms. The van der Waals surface area contributed by atoms with Gasteiger partial charge in [-0.1, -0.05) is 107 Å². The summed E-state index contributed by atoms with van der Waals surface area (Å²) in [6, 6.07) is 20.6. The highest BCUT2D eigenvalue weighted by atomic mass is 32.1. The largest absolute Gasteiger partial charge is 0.315 e. The molecule has 1 aromatic heterocycles. The number of aryl methyl sites for hydroxylation is 2. The van der Waals surface area contributed by atoms with E-state index in [4.69, 9.17) is 0 Å². The Morgan fingerprint density at radius 3 is 1.96 bits per heavy atom. The lowest BCUT2D eigenvalue weighted by Gasteiger charge is -2.50. The minimum atomic E-state index is 0.153. The smallest absolute Gasteiger partial charge is 0.258 e. The van der Waals surface area contributed by atoms with E-state index >= 15 is 0 Å². The van der Waals surface area contributed by atoms with Crippen molar-refractivity contribution in [2.75, 3.05) is 4.90 Å². The third-order valence-corrected chi connectivity index (χ3v) is 16.7. The standard InChI is InChI=1S/C51H64BNS/c1-13-34-35-17-19-41-46(34)53(42-29-38-36(48(5,6)21-23-50(38,9)10)26-32(42)15-14-20-47(35,3)4)43-25-31(2)16-18-40(43)52(41)45-28-33-27-37-39(30-44(33)54-45)51(11,12)24-22-49(37,7)8/h16-19,25-30,34-35H,13-15,20-24H2,1-12H3. The van der Waals surface area contributed by atoms with Crippen LogP contribution in [0, 0.1) is 24.2 Å². The van der Waals surface area contributed by atoms with Crippen molar-refractivity contribution < 1.29 is 0 Å². The number of allylic oxidation sites excluding steroid dienone is 4. The van der Waals surface area contributed by atoms with Crippen LogP contribution in [-0.2, 0) is 28.1 Å². The van der Waals surface area contributed by atoms with Gasteiger partial charge in [0.15, 0.2) is 0 Å². The van der Waals surface area contributed by atoms with Gasteiger partial charge in [0.1, 0.15) is 0 Å². The SMILES string of the molecule is CCC1C2=C3C=CC1C(C)(C)CCCc1cc4c(cc1N2c1cc(C)ccc1B3c1cc2cc3c(cc2s1)C(C)(C)CCC3(C)C)C(C)(C)CCC4(C)C. The lowest BCUT2D eigenvalue weighted by molar-refractivity contribution is 0.176. The molecule has 0 radical (unpaired) electrons. The van der Waals surface area contributed by atoms with Gasteiger partial charge in [0, 0.05) is 27.7 Å². The van der Waals surface area contributed by atoms with E-state index in [1.54, 1.807) is 33.5 Å². The van der Waals surface area contributed by atoms with Crippen molar-refractivity contribution in [2.24, 2.45) is 17.3 Å². The quantitative estimate of drug-likeness (QED) is 0.185. The van der Waals surface area contributed by atoms with E-state index in [0.29, 0.717) is 11.8 Å². The van der Waals surface area contributed by atoms with Gasteiger partial charge in [-0.15, -0.1) is 11.3 Å². The molecule has 2 unspecified atom stereocenters. The number of rotatable bonds is 2. The van der Waals surface area contributed by atoms with E-state index in [-0.39, 0.29) is 33.8 Å². The van der Waals surface area contributed by atoms with Crippen molar-refractivity contribution in [1.29, 1.82) is 0 Å². The van der Waals surface area contributed by atoms with Crippen molar-refractivity contribution in [2.45, 2.75) is 156 Å². The summed E-state index contributed by atoms with van der Waals surface area (Å²) in [7, 11) is 0. The first-order valence-electron chi connectivity index (χ1n) is 21.4. The monoisotopic (exact) mass is 733 g/mol. The number of anilines is 2. The number of nitrogens with zero attached hydrogens (tertiary/aromatic N) is 1. The van der Waals surface area contributed by atoms with Gasteiger partial charge in [-0.3, -0.25) is 0 Å². The molecular formula is C51H64BNS. The average molecular weight is 734 g/mol. The zero-order valence-electron chi connectivity index (χ0n) is 35.5. The fourth-order valence-corrected chi connectivity index (χ4v) is 13.0. The molecule has 5 aliphatic rings. The van der Waals surface area contributed by atoms with Crippen LogP contribution >= 0.6 is 11.3 Å². The van der Waals surface area contributed by atoms with Crippen molar-refractivity contribution in [3.8, 4) is 0 Å². The van der Waals surface area contributed by atoms with Crippen molar-refractivity contribution >= 4 is 49.7 Å². The molecule has 0 fully saturated rings. The fraction of sp³-hybridized carbons (Fsp3) is 0.529. The maximum atomic E-state index is 2.84. The number of fused-ring (bicyclic) bond motifs is 8. The van der Waals surface area contributed by atoms with E-state index in [9.17, 15) is 0 Å². The molecule has 4 aromatic rings. The molecule has 0 spiro atoms. The molecule has 54 heavy (non-hydrogen) atoms. The topological polar surface area (TPSA) is 3.24 Å². The summed E-state index contributed by atoms with van der Waals surface area (Å²) in [5, 5.41) is 1.43. The number of thiophene rings is 1. The third-order valence-electron chi connectivity index (χ3n) is 15.5. The van der Waals surface area contributed by atoms with Crippen LogP contribution in [-0.4, -0.2) is 6.71 Å². The Morgan fingerprint density at radius 1 is 0.704 bits per heavy atom. The maximum Gasteiger partial charge on any atom is 0.258 e. The second-order valence-electron chi connectivity index (χ2n) is 21.6. The van der Waals surface area contributed by atoms with Gasteiger partial charge < -0.3 is 4.90 Å². The van der Waals surface area contributed by atoms with Crippen molar-refractivity contribution in [3.63, 3.8) is 0 Å². The summed E-state index contributed by atoms with van der Waals surface area (Å²) >= 11 is 2.06. The predicted octanol–water partition coefficient (Wildman–Crippen LogP) is 13.0. The second-order valence-corrected chi connectivity index (χ2v) is 22.7. The van der Waals surface area contributed by atoms with E-state index in [0.717, 1.165) is 12.8 Å². The molecule has 3 aromatic carbocycles. The first-order valence-corrected chi connectivity index (χ1v) is 22.2. The van der Waals surface area contributed by atoms with E-state index < -0.39 is 0 Å². The highest BCUT2D eigenvalue weighted by molar-refractivity contribution is 7.31. The Kier molecular flexibility index (Phi) is 8.12. The van der Waals surface area contributed by atoms with Gasteiger partial charge in [-0.25, -0.2) is 0 Å². The molecule has 3 heteroatoms. The van der Waals surface area contributed by atoms with Crippen LogP contribution in [0.25, 0.3) is 10.1 Å². The molecule has 0 N–H and O–H groups in total. The van der Waals surface area contributed by atoms with Gasteiger partial charge >= 0.3 is 0 Å². The van der Waals surface area contributed by atoms with Gasteiger partial charge in [0.05, 0.1) is 0 Å². The van der Waals surface area contributed by atoms with Gasteiger partial charge in [0.25, 0.3) is 6.71 Å². The highest BCUT2D eigenvalue weighted by Crippen LogP contribution is 2.55. The van der Waals surface area contributed by atoms with Gasteiger partial charge in [-0.05, 0) is 176 Å². The molecule has 2 atom stereocenters. The van der Waals surface area contributed by atoms with Crippen LogP contribution in [0.2, 0.25) is 0 Å². The number of hydrogen-bond acceptors (Lipinski definition) is 2. The summed E-state index contributed by atoms with van der Waals surface area (Å²) in [4.78, 5) is 2.84. The van der Waals surface area contributed by atoms with E-state index in [1.807, 2.05) is 0 Å². The van der Waals surface area contributed by atoms with Crippen LogP contribution in [0.1, 0.15) is 154 Å². The highest BCUT2D eigenvalue weighted by Gasteiger charge is 2.48. The Morgan fingerprint density at radius 2 is 1.31 bits per heavy atom. The van der Waals surface area contributed by atoms with Gasteiger partial charge in [0.2, 0.25) is 0 Å². The molecule has 3 aliphatic carbocycles. The Labute approximate surface area is 331 Å². The molecular weight excluding hydrogens is 669 g/mol. The molecule has 2 aliphatic heterocycles. The Hall–Kier alpha value is -3.04. The van der Waals surface area contributed by atoms with Gasteiger partial charge in [-0.2, -0.15) is 0 Å². The molecule has 0 saturated carbocycles. The lowest BCUT2D eigenvalue weighted by atomic mass is 9.36. The minimum absolute atomic E-state index is 0.153. The number of hydrogen-bond donors (Lipinski definition) is 0. The second kappa shape index (κ2) is 12.0. The first-order chi connectivity index (χ1) is 25.3. The average Bonchev–Trinajstić information content (AvgIpc) is 3.52. The van der Waals surface area contributed by atoms with Crippen LogP contribution in [0.5, 0.6) is 0 Å². The minimum Gasteiger partial charge on any atom is -0.315 e. The fourth-order valence-electron chi connectivity index (χ4n) is 11.8. The predicted molar refractivity (Wildman–Crippen MR) is 237 cm³/mol. The Bertz CT molecular complexity index is 2220.